The molecule has 0 saturated carbocycles. The van der Waals surface area contributed by atoms with Crippen LogP contribution in [0.25, 0.3) is 11.1 Å². The van der Waals surface area contributed by atoms with E-state index in [0.29, 0.717) is 18.2 Å². The maximum Gasteiger partial charge on any atom is 0.257 e. The highest BCUT2D eigenvalue weighted by atomic mass is 32.2. The molecule has 114 valence electrons. The number of nitrogens with zero attached hydrogens (tertiary/aromatic N) is 2. The van der Waals surface area contributed by atoms with Gasteiger partial charge in [0.1, 0.15) is 5.52 Å². The lowest BCUT2D eigenvalue weighted by Crippen LogP contribution is -2.39. The molecule has 0 spiro atoms. The van der Waals surface area contributed by atoms with Gasteiger partial charge in [-0.1, -0.05) is 23.9 Å². The Balaban J connectivity index is 1.95. The van der Waals surface area contributed by atoms with Crippen LogP contribution in [0.1, 0.15) is 20.3 Å². The number of benzene rings is 1. The summed E-state index contributed by atoms with van der Waals surface area (Å²) in [4.78, 5) is 18.3. The van der Waals surface area contributed by atoms with Gasteiger partial charge < -0.3 is 14.4 Å². The Hall–Kier alpha value is -1.53. The molecule has 0 fully saturated rings. The summed E-state index contributed by atoms with van der Waals surface area (Å²) in [6.07, 6.45) is 0.595. The predicted molar refractivity (Wildman–Crippen MR) is 83.3 cm³/mol. The molecule has 1 aromatic carbocycles. The standard InChI is InChI=1S/C15H20N2O3S/c1-11(2)17(8-5-9-18)14(19)10-21-15-16-12-6-3-4-7-13(12)20-15/h3-4,6-7,11,18H,5,8-10H2,1-2H3. The van der Waals surface area contributed by atoms with Gasteiger partial charge in [0.2, 0.25) is 5.91 Å². The van der Waals surface area contributed by atoms with Crippen LogP contribution in [0.5, 0.6) is 0 Å². The Bertz CT molecular complexity index is 564. The number of amides is 1. The summed E-state index contributed by atoms with van der Waals surface area (Å²) in [5.74, 6) is 0.321. The van der Waals surface area contributed by atoms with E-state index in [9.17, 15) is 4.79 Å². The van der Waals surface area contributed by atoms with Crippen molar-refractivity contribution in [3.63, 3.8) is 0 Å². The van der Waals surface area contributed by atoms with Crippen molar-refractivity contribution >= 4 is 28.8 Å². The Morgan fingerprint density at radius 3 is 2.86 bits per heavy atom. The van der Waals surface area contributed by atoms with E-state index in [1.807, 2.05) is 38.1 Å². The van der Waals surface area contributed by atoms with Crippen LogP contribution in [0.2, 0.25) is 0 Å². The number of rotatable bonds is 7. The van der Waals surface area contributed by atoms with Crippen LogP contribution in [-0.2, 0) is 4.79 Å². The lowest BCUT2D eigenvalue weighted by Gasteiger charge is -2.26. The summed E-state index contributed by atoms with van der Waals surface area (Å²) < 4.78 is 5.58. The molecule has 0 radical (unpaired) electrons. The number of fused-ring (bicyclic) bond motifs is 1. The molecule has 5 nitrogen and oxygen atoms in total. The Morgan fingerprint density at radius 2 is 2.19 bits per heavy atom. The van der Waals surface area contributed by atoms with Gasteiger partial charge in [-0.05, 0) is 32.4 Å². The number of carbonyl (C=O) groups excluding carboxylic acids is 1. The molecular weight excluding hydrogens is 288 g/mol. The van der Waals surface area contributed by atoms with E-state index >= 15 is 0 Å². The number of hydrogen-bond acceptors (Lipinski definition) is 5. The van der Waals surface area contributed by atoms with E-state index in [1.54, 1.807) is 4.90 Å². The van der Waals surface area contributed by atoms with Crippen molar-refractivity contribution in [2.75, 3.05) is 18.9 Å². The van der Waals surface area contributed by atoms with Gasteiger partial charge in [0.15, 0.2) is 5.58 Å². The zero-order valence-electron chi connectivity index (χ0n) is 12.3. The number of aliphatic hydroxyl groups is 1. The van der Waals surface area contributed by atoms with E-state index in [2.05, 4.69) is 4.98 Å². The fraction of sp³-hybridized carbons (Fsp3) is 0.467. The third kappa shape index (κ3) is 4.22. The second-order valence-corrected chi connectivity index (χ2v) is 5.92. The lowest BCUT2D eigenvalue weighted by atomic mass is 10.3. The van der Waals surface area contributed by atoms with E-state index in [-0.39, 0.29) is 24.3 Å². The van der Waals surface area contributed by atoms with Crippen LogP contribution in [0.15, 0.2) is 33.9 Å². The van der Waals surface area contributed by atoms with Crippen LogP contribution in [0.4, 0.5) is 0 Å². The first-order valence-corrected chi connectivity index (χ1v) is 7.99. The molecule has 0 aliphatic heterocycles. The summed E-state index contributed by atoms with van der Waals surface area (Å²) in [7, 11) is 0. The van der Waals surface area contributed by atoms with Crippen molar-refractivity contribution in [2.24, 2.45) is 0 Å². The van der Waals surface area contributed by atoms with Gasteiger partial charge in [-0.3, -0.25) is 4.79 Å². The third-order valence-electron chi connectivity index (χ3n) is 3.09. The highest BCUT2D eigenvalue weighted by Crippen LogP contribution is 2.23. The predicted octanol–water partition coefficient (Wildman–Crippen LogP) is 2.54. The maximum absolute atomic E-state index is 12.2. The lowest BCUT2D eigenvalue weighted by molar-refractivity contribution is -0.130. The molecule has 1 aromatic heterocycles. The summed E-state index contributed by atoms with van der Waals surface area (Å²) in [5.41, 5.74) is 1.53. The average Bonchev–Trinajstić information content (AvgIpc) is 2.88. The maximum atomic E-state index is 12.2. The van der Waals surface area contributed by atoms with Gasteiger partial charge >= 0.3 is 0 Å². The number of carbonyl (C=O) groups is 1. The minimum atomic E-state index is 0.0331. The highest BCUT2D eigenvalue weighted by Gasteiger charge is 2.17. The smallest absolute Gasteiger partial charge is 0.257 e. The van der Waals surface area contributed by atoms with Crippen LogP contribution >= 0.6 is 11.8 Å². The molecule has 0 bridgehead atoms. The molecule has 0 saturated heterocycles. The molecule has 21 heavy (non-hydrogen) atoms. The number of hydrogen-bond donors (Lipinski definition) is 1. The first-order valence-electron chi connectivity index (χ1n) is 7.00. The molecule has 0 atom stereocenters. The van der Waals surface area contributed by atoms with Crippen molar-refractivity contribution < 1.29 is 14.3 Å². The fourth-order valence-electron chi connectivity index (χ4n) is 2.03. The Morgan fingerprint density at radius 1 is 1.43 bits per heavy atom. The SMILES string of the molecule is CC(C)N(CCCO)C(=O)CSc1nc2ccccc2o1. The molecule has 6 heteroatoms. The molecule has 1 N–H and O–H groups in total. The molecule has 0 aliphatic rings. The first-order chi connectivity index (χ1) is 10.1. The summed E-state index contributed by atoms with van der Waals surface area (Å²) >= 11 is 1.30. The number of aromatic nitrogens is 1. The monoisotopic (exact) mass is 308 g/mol. The van der Waals surface area contributed by atoms with Crippen LogP contribution in [-0.4, -0.2) is 45.8 Å². The van der Waals surface area contributed by atoms with Gasteiger partial charge in [-0.15, -0.1) is 0 Å². The topological polar surface area (TPSA) is 66.6 Å². The highest BCUT2D eigenvalue weighted by molar-refractivity contribution is 7.99. The van der Waals surface area contributed by atoms with Crippen molar-refractivity contribution in [3.05, 3.63) is 24.3 Å². The van der Waals surface area contributed by atoms with Crippen LogP contribution in [0, 0.1) is 0 Å². The molecule has 2 rings (SSSR count). The third-order valence-corrected chi connectivity index (χ3v) is 3.91. The van der Waals surface area contributed by atoms with Crippen LogP contribution < -0.4 is 0 Å². The van der Waals surface area contributed by atoms with Crippen LogP contribution in [0.3, 0.4) is 0 Å². The minimum absolute atomic E-state index is 0.0331. The van der Waals surface area contributed by atoms with E-state index < -0.39 is 0 Å². The normalized spacial score (nSPS) is 11.2. The van der Waals surface area contributed by atoms with Gasteiger partial charge in [0.05, 0.1) is 5.75 Å². The van der Waals surface area contributed by atoms with E-state index in [4.69, 9.17) is 9.52 Å². The first kappa shape index (κ1) is 15.9. The van der Waals surface area contributed by atoms with E-state index in [1.165, 1.54) is 11.8 Å². The van der Waals surface area contributed by atoms with Gasteiger partial charge in [0.25, 0.3) is 5.22 Å². The zero-order chi connectivity index (χ0) is 15.2. The molecule has 0 aliphatic carbocycles. The molecular formula is C15H20N2O3S. The van der Waals surface area contributed by atoms with Crippen molar-refractivity contribution in [1.82, 2.24) is 9.88 Å². The van der Waals surface area contributed by atoms with Crippen molar-refractivity contribution in [3.8, 4) is 0 Å². The number of oxazole rings is 1. The molecule has 2 aromatic rings. The van der Waals surface area contributed by atoms with Gasteiger partial charge in [0, 0.05) is 19.2 Å². The Kier molecular flexibility index (Phi) is 5.64. The number of para-hydroxylation sites is 2. The molecule has 1 amide bonds. The number of thioether (sulfide) groups is 1. The summed E-state index contributed by atoms with van der Waals surface area (Å²) in [6, 6.07) is 7.65. The van der Waals surface area contributed by atoms with Crippen molar-refractivity contribution in [1.29, 1.82) is 0 Å². The quantitative estimate of drug-likeness (QED) is 0.796. The van der Waals surface area contributed by atoms with Gasteiger partial charge in [-0.2, -0.15) is 0 Å². The average molecular weight is 308 g/mol. The minimum Gasteiger partial charge on any atom is -0.431 e. The number of aliphatic hydroxyl groups excluding tert-OH is 1. The zero-order valence-corrected chi connectivity index (χ0v) is 13.1. The second kappa shape index (κ2) is 7.47. The largest absolute Gasteiger partial charge is 0.431 e. The molecule has 0 unspecified atom stereocenters. The van der Waals surface area contributed by atoms with Gasteiger partial charge in [-0.25, -0.2) is 4.98 Å². The Labute approximate surface area is 128 Å². The fourth-order valence-corrected chi connectivity index (χ4v) is 2.76. The van der Waals surface area contributed by atoms with E-state index in [0.717, 1.165) is 11.1 Å². The second-order valence-electron chi connectivity index (χ2n) is 4.99. The van der Waals surface area contributed by atoms with Crippen molar-refractivity contribution in [2.45, 2.75) is 31.5 Å². The molecule has 1 heterocycles. The summed E-state index contributed by atoms with van der Waals surface area (Å²) in [6.45, 7) is 4.61. The summed E-state index contributed by atoms with van der Waals surface area (Å²) in [5, 5.41) is 9.41.